The van der Waals surface area contributed by atoms with Crippen LogP contribution in [0.2, 0.25) is 0 Å². The predicted molar refractivity (Wildman–Crippen MR) is 56.1 cm³/mol. The molecule has 0 aliphatic rings. The van der Waals surface area contributed by atoms with Gasteiger partial charge in [-0.15, -0.1) is 0 Å². The number of hydrogen-bond donors (Lipinski definition) is 0. The molecule has 1 rings (SSSR count). The van der Waals surface area contributed by atoms with Crippen molar-refractivity contribution in [1.82, 2.24) is 14.9 Å². The zero-order valence-electron chi connectivity index (χ0n) is 8.40. The number of rotatable bonds is 3. The van der Waals surface area contributed by atoms with E-state index in [-0.39, 0.29) is 5.91 Å². The molecular weight excluding hydrogens is 285 g/mol. The van der Waals surface area contributed by atoms with Gasteiger partial charge in [0.25, 0.3) is 0 Å². The molecule has 0 aliphatic heterocycles. The van der Waals surface area contributed by atoms with Gasteiger partial charge in [0.2, 0.25) is 0 Å². The first-order chi connectivity index (χ1) is 6.69. The molecule has 0 aromatic carbocycles. The molecule has 0 spiro atoms. The van der Waals surface area contributed by atoms with Crippen LogP contribution in [0.4, 0.5) is 0 Å². The third-order valence-corrected chi connectivity index (χ3v) is 2.79. The van der Waals surface area contributed by atoms with Gasteiger partial charge in [0.05, 0.1) is 0 Å². The Bertz CT molecular complexity index is 308. The summed E-state index contributed by atoms with van der Waals surface area (Å²) < 4.78 is 0.950. The van der Waals surface area contributed by atoms with Crippen LogP contribution in [0.25, 0.3) is 0 Å². The summed E-state index contributed by atoms with van der Waals surface area (Å²) in [5.74, 6) is -0.0388. The Hall–Kier alpha value is -0.651. The van der Waals surface area contributed by atoms with Crippen LogP contribution in [0.15, 0.2) is 12.4 Å². The van der Waals surface area contributed by atoms with Crippen molar-refractivity contribution in [3.63, 3.8) is 0 Å². The number of carbonyl (C=O) groups excluding carboxylic acids is 1. The van der Waals surface area contributed by atoms with Gasteiger partial charge >= 0.3 is 96.8 Å². The Morgan fingerprint density at radius 3 is 2.43 bits per heavy atom. The molecule has 0 N–H and O–H groups in total. The second kappa shape index (κ2) is 5.28. The van der Waals surface area contributed by atoms with Gasteiger partial charge < -0.3 is 0 Å². The van der Waals surface area contributed by atoms with E-state index in [4.69, 9.17) is 0 Å². The van der Waals surface area contributed by atoms with Gasteiger partial charge in [-0.25, -0.2) is 0 Å². The fourth-order valence-electron chi connectivity index (χ4n) is 1.12. The summed E-state index contributed by atoms with van der Waals surface area (Å²) in [5.41, 5.74) is 0.437. The third kappa shape index (κ3) is 2.67. The van der Waals surface area contributed by atoms with Gasteiger partial charge in [0, 0.05) is 0 Å². The quantitative estimate of drug-likeness (QED) is 0.706. The molecule has 14 heavy (non-hydrogen) atoms. The van der Waals surface area contributed by atoms with Crippen molar-refractivity contribution < 1.29 is 4.79 Å². The molecule has 0 saturated carbocycles. The topological polar surface area (TPSA) is 46.1 Å². The van der Waals surface area contributed by atoms with Crippen LogP contribution in [-0.4, -0.2) is 56.4 Å². The molecule has 74 valence electrons. The maximum atomic E-state index is 11.8. The molecule has 1 amide bonds. The van der Waals surface area contributed by atoms with E-state index >= 15 is 0 Å². The summed E-state index contributed by atoms with van der Waals surface area (Å²) >= 11 is 0.930. The Kier molecular flexibility index (Phi) is 4.31. The summed E-state index contributed by atoms with van der Waals surface area (Å²) in [6.45, 7) is 5.32. The van der Waals surface area contributed by atoms with Crippen LogP contribution >= 0.6 is 0 Å². The molecule has 5 heteroatoms. The molecule has 0 atom stereocenters. The van der Waals surface area contributed by atoms with Gasteiger partial charge in [0.1, 0.15) is 0 Å². The van der Waals surface area contributed by atoms with Crippen LogP contribution in [-0.2, 0) is 0 Å². The Labute approximate surface area is 96.8 Å². The Morgan fingerprint density at radius 2 is 2.00 bits per heavy atom. The Morgan fingerprint density at radius 1 is 1.36 bits per heavy atom. The van der Waals surface area contributed by atoms with Gasteiger partial charge in [-0.05, 0) is 0 Å². The van der Waals surface area contributed by atoms with E-state index in [2.05, 4.69) is 9.97 Å². The minimum absolute atomic E-state index is 0.0388. The molecule has 4 nitrogen and oxygen atoms in total. The van der Waals surface area contributed by atoms with E-state index < -0.39 is 0 Å². The summed E-state index contributed by atoms with van der Waals surface area (Å²) in [5, 5.41) is 0. The summed E-state index contributed by atoms with van der Waals surface area (Å²) in [6.07, 6.45) is 3.22. The van der Waals surface area contributed by atoms with Crippen LogP contribution in [0.3, 0.4) is 0 Å². The van der Waals surface area contributed by atoms with Gasteiger partial charge in [-0.2, -0.15) is 0 Å². The van der Waals surface area contributed by atoms with E-state index in [0.717, 1.165) is 26.2 Å². The molecule has 0 bridgehead atoms. The number of hydrogen-bond acceptors (Lipinski definition) is 3. The van der Waals surface area contributed by atoms with E-state index in [1.165, 1.54) is 0 Å². The fourth-order valence-corrected chi connectivity index (χ4v) is 1.55. The van der Waals surface area contributed by atoms with Crippen molar-refractivity contribution in [2.75, 3.05) is 13.1 Å². The van der Waals surface area contributed by atoms with Crippen molar-refractivity contribution >= 4 is 32.1 Å². The van der Waals surface area contributed by atoms with Gasteiger partial charge in [-0.3, -0.25) is 0 Å². The summed E-state index contributed by atoms with van der Waals surface area (Å²) in [6, 6.07) is 0. The van der Waals surface area contributed by atoms with Crippen molar-refractivity contribution in [3.8, 4) is 0 Å². The molecule has 1 aromatic rings. The van der Waals surface area contributed by atoms with E-state index in [9.17, 15) is 4.79 Å². The molecule has 1 heterocycles. The SMILES string of the molecule is CCN(CC)C(=O)c1cn[c]([SnH])cn1. The second-order valence-electron chi connectivity index (χ2n) is 2.80. The number of amides is 1. The van der Waals surface area contributed by atoms with Crippen molar-refractivity contribution in [2.24, 2.45) is 0 Å². The monoisotopic (exact) mass is 299 g/mol. The first-order valence-electron chi connectivity index (χ1n) is 4.55. The maximum absolute atomic E-state index is 11.8. The molecule has 1 aromatic heterocycles. The molecule has 0 aliphatic carbocycles. The van der Waals surface area contributed by atoms with Crippen molar-refractivity contribution in [2.45, 2.75) is 13.8 Å². The van der Waals surface area contributed by atoms with Crippen LogP contribution in [0.5, 0.6) is 0 Å². The summed E-state index contributed by atoms with van der Waals surface area (Å²) in [7, 11) is 0. The average Bonchev–Trinajstić information content (AvgIpc) is 2.20. The average molecular weight is 298 g/mol. The van der Waals surface area contributed by atoms with Gasteiger partial charge in [0.15, 0.2) is 0 Å². The second-order valence-corrected chi connectivity index (χ2v) is 4.49. The molecule has 0 saturated heterocycles. The summed E-state index contributed by atoms with van der Waals surface area (Å²) in [4.78, 5) is 21.7. The molecule has 0 unspecified atom stereocenters. The molecule has 2 radical (unpaired) electrons. The van der Waals surface area contributed by atoms with E-state index in [1.54, 1.807) is 17.3 Å². The van der Waals surface area contributed by atoms with Crippen LogP contribution < -0.4 is 3.71 Å². The predicted octanol–water partition coefficient (Wildman–Crippen LogP) is -0.515. The zero-order valence-corrected chi connectivity index (χ0v) is 11.7. The Balaban J connectivity index is 2.83. The minimum atomic E-state index is -0.0388. The third-order valence-electron chi connectivity index (χ3n) is 1.94. The standard InChI is InChI=1S/C9H12N3O.Sn.H/c1-3-12(4-2)9(13)8-7-10-5-6-11-8;;/h6-7H,3-4H2,1-2H3;;. The van der Waals surface area contributed by atoms with Crippen LogP contribution in [0.1, 0.15) is 24.3 Å². The molecular formula is C9H13N3OSn. The number of nitrogens with zero attached hydrogens (tertiary/aromatic N) is 3. The molecule has 0 fully saturated rings. The fraction of sp³-hybridized carbons (Fsp3) is 0.444. The van der Waals surface area contributed by atoms with Crippen molar-refractivity contribution in [1.29, 1.82) is 0 Å². The first-order valence-corrected chi connectivity index (χ1v) is 6.20. The van der Waals surface area contributed by atoms with E-state index in [0.29, 0.717) is 18.8 Å². The first kappa shape index (κ1) is 11.4. The number of carbonyl (C=O) groups is 1. The van der Waals surface area contributed by atoms with E-state index in [1.807, 2.05) is 13.8 Å². The zero-order chi connectivity index (χ0) is 10.6. The van der Waals surface area contributed by atoms with Crippen LogP contribution in [0, 0.1) is 0 Å². The van der Waals surface area contributed by atoms with Gasteiger partial charge in [-0.1, -0.05) is 0 Å². The normalized spacial score (nSPS) is 9.93. The van der Waals surface area contributed by atoms with Crippen molar-refractivity contribution in [3.05, 3.63) is 18.1 Å². The number of aromatic nitrogens is 2.